The number of hydrogen-bond donors (Lipinski definition) is 0. The van der Waals surface area contributed by atoms with Crippen molar-refractivity contribution in [1.82, 2.24) is 9.88 Å². The lowest BCUT2D eigenvalue weighted by Crippen LogP contribution is -2.36. The topological polar surface area (TPSA) is 42.4 Å². The van der Waals surface area contributed by atoms with Gasteiger partial charge in [-0.05, 0) is 58.0 Å². The number of fused-ring (bicyclic) bond motifs is 1. The van der Waals surface area contributed by atoms with Crippen molar-refractivity contribution in [3.05, 3.63) is 41.6 Å². The number of carbonyl (C=O) groups is 1. The van der Waals surface area contributed by atoms with Gasteiger partial charge in [0.1, 0.15) is 0 Å². The normalized spacial score (nSPS) is 16.6. The summed E-state index contributed by atoms with van der Waals surface area (Å²) in [6.45, 7) is 7.13. The minimum absolute atomic E-state index is 0.0358. The molecule has 0 amide bonds. The molecule has 0 bridgehead atoms. The molecule has 4 heteroatoms. The maximum Gasteiger partial charge on any atom is 0.309 e. The van der Waals surface area contributed by atoms with Gasteiger partial charge in [-0.1, -0.05) is 17.7 Å². The van der Waals surface area contributed by atoms with Crippen LogP contribution in [0.25, 0.3) is 10.9 Å². The number of carbonyl (C=O) groups excluding carboxylic acids is 1. The second kappa shape index (κ2) is 7.09. The number of benzene rings is 1. The molecule has 0 N–H and O–H groups in total. The minimum atomic E-state index is -0.0358. The molecule has 4 nitrogen and oxygen atoms in total. The summed E-state index contributed by atoms with van der Waals surface area (Å²) in [4.78, 5) is 18.9. The Morgan fingerprint density at radius 2 is 2.04 bits per heavy atom. The maximum absolute atomic E-state index is 11.8. The number of aromatic nitrogens is 1. The number of ether oxygens (including phenoxy) is 1. The number of likely N-dealkylation sites (tertiary alicyclic amines) is 1. The molecule has 1 aliphatic heterocycles. The van der Waals surface area contributed by atoms with E-state index in [9.17, 15) is 4.79 Å². The molecule has 3 rings (SSSR count). The highest BCUT2D eigenvalue weighted by Gasteiger charge is 2.26. The van der Waals surface area contributed by atoms with Crippen LogP contribution in [-0.4, -0.2) is 35.5 Å². The lowest BCUT2D eigenvalue weighted by Gasteiger charge is -2.30. The van der Waals surface area contributed by atoms with Gasteiger partial charge in [-0.25, -0.2) is 0 Å². The van der Waals surface area contributed by atoms with Crippen LogP contribution in [-0.2, 0) is 16.1 Å². The largest absolute Gasteiger partial charge is 0.466 e. The summed E-state index contributed by atoms with van der Waals surface area (Å²) in [5, 5.41) is 1.19. The second-order valence-corrected chi connectivity index (χ2v) is 6.30. The van der Waals surface area contributed by atoms with Crippen molar-refractivity contribution >= 4 is 16.9 Å². The molecule has 0 aliphatic carbocycles. The third-order valence-corrected chi connectivity index (χ3v) is 4.50. The zero-order valence-electron chi connectivity index (χ0n) is 13.9. The highest BCUT2D eigenvalue weighted by atomic mass is 16.5. The lowest BCUT2D eigenvalue weighted by atomic mass is 9.97. The summed E-state index contributed by atoms with van der Waals surface area (Å²) in [6.07, 6.45) is 1.76. The van der Waals surface area contributed by atoms with Crippen LogP contribution < -0.4 is 0 Å². The third kappa shape index (κ3) is 3.88. The van der Waals surface area contributed by atoms with Crippen molar-refractivity contribution in [1.29, 1.82) is 0 Å². The molecule has 2 aromatic rings. The van der Waals surface area contributed by atoms with Crippen LogP contribution in [0.1, 0.15) is 31.0 Å². The smallest absolute Gasteiger partial charge is 0.309 e. The predicted molar refractivity (Wildman–Crippen MR) is 91.1 cm³/mol. The van der Waals surface area contributed by atoms with Gasteiger partial charge in [-0.15, -0.1) is 0 Å². The van der Waals surface area contributed by atoms with E-state index in [0.29, 0.717) is 6.61 Å². The first-order chi connectivity index (χ1) is 11.2. The first-order valence-electron chi connectivity index (χ1n) is 8.41. The van der Waals surface area contributed by atoms with E-state index in [1.165, 1.54) is 10.9 Å². The second-order valence-electron chi connectivity index (χ2n) is 6.30. The Kier molecular flexibility index (Phi) is 4.91. The van der Waals surface area contributed by atoms with Crippen LogP contribution >= 0.6 is 0 Å². The number of piperidine rings is 1. The molecule has 0 radical (unpaired) electrons. The SMILES string of the molecule is CCOC(=O)C1CCN(Cc2ccc3cc(C)ccc3n2)CC1. The molecule has 23 heavy (non-hydrogen) atoms. The summed E-state index contributed by atoms with van der Waals surface area (Å²) in [6, 6.07) is 10.6. The highest BCUT2D eigenvalue weighted by molar-refractivity contribution is 5.79. The molecular formula is C19H24N2O2. The van der Waals surface area contributed by atoms with Crippen molar-refractivity contribution in [3.63, 3.8) is 0 Å². The monoisotopic (exact) mass is 312 g/mol. The molecule has 1 fully saturated rings. The van der Waals surface area contributed by atoms with Gasteiger partial charge in [-0.2, -0.15) is 0 Å². The van der Waals surface area contributed by atoms with Crippen molar-refractivity contribution < 1.29 is 9.53 Å². The molecule has 1 aromatic carbocycles. The van der Waals surface area contributed by atoms with Crippen molar-refractivity contribution in [3.8, 4) is 0 Å². The Labute approximate surface area is 137 Å². The first-order valence-corrected chi connectivity index (χ1v) is 8.41. The fraction of sp³-hybridized carbons (Fsp3) is 0.474. The maximum atomic E-state index is 11.8. The van der Waals surface area contributed by atoms with Crippen LogP contribution in [0, 0.1) is 12.8 Å². The van der Waals surface area contributed by atoms with Crippen LogP contribution in [0.4, 0.5) is 0 Å². The summed E-state index contributed by atoms with van der Waals surface area (Å²) < 4.78 is 5.12. The number of hydrogen-bond acceptors (Lipinski definition) is 4. The van der Waals surface area contributed by atoms with E-state index in [4.69, 9.17) is 9.72 Å². The molecule has 0 saturated carbocycles. The van der Waals surface area contributed by atoms with Crippen molar-refractivity contribution in [2.24, 2.45) is 5.92 Å². The molecular weight excluding hydrogens is 288 g/mol. The molecule has 2 heterocycles. The Morgan fingerprint density at radius 3 is 2.78 bits per heavy atom. The Hall–Kier alpha value is -1.94. The molecule has 122 valence electrons. The van der Waals surface area contributed by atoms with Crippen LogP contribution in [0.3, 0.4) is 0 Å². The predicted octanol–water partition coefficient (Wildman–Crippen LogP) is 3.32. The van der Waals surface area contributed by atoms with Crippen LogP contribution in [0.5, 0.6) is 0 Å². The fourth-order valence-electron chi connectivity index (χ4n) is 3.19. The van der Waals surface area contributed by atoms with Gasteiger partial charge >= 0.3 is 5.97 Å². The van der Waals surface area contributed by atoms with E-state index in [1.54, 1.807) is 0 Å². The van der Waals surface area contributed by atoms with Gasteiger partial charge in [0.2, 0.25) is 0 Å². The molecule has 1 aliphatic rings. The van der Waals surface area contributed by atoms with Gasteiger partial charge in [0.25, 0.3) is 0 Å². The van der Waals surface area contributed by atoms with Gasteiger partial charge < -0.3 is 4.74 Å². The number of nitrogens with zero attached hydrogens (tertiary/aromatic N) is 2. The fourth-order valence-corrected chi connectivity index (χ4v) is 3.19. The standard InChI is InChI=1S/C19H24N2O2/c1-3-23-19(22)15-8-10-21(11-9-15)13-17-6-5-16-12-14(2)4-7-18(16)20-17/h4-7,12,15H,3,8-11,13H2,1-2H3. The summed E-state index contributed by atoms with van der Waals surface area (Å²) in [5.74, 6) is 0.0325. The molecule has 1 aromatic heterocycles. The minimum Gasteiger partial charge on any atom is -0.466 e. The summed E-state index contributed by atoms with van der Waals surface area (Å²) in [5.41, 5.74) is 3.40. The summed E-state index contributed by atoms with van der Waals surface area (Å²) >= 11 is 0. The van der Waals surface area contributed by atoms with Gasteiger partial charge in [-0.3, -0.25) is 14.7 Å². The van der Waals surface area contributed by atoms with E-state index in [2.05, 4.69) is 42.2 Å². The van der Waals surface area contributed by atoms with Gasteiger partial charge in [0.15, 0.2) is 0 Å². The molecule has 0 spiro atoms. The zero-order chi connectivity index (χ0) is 16.2. The average Bonchev–Trinajstić information content (AvgIpc) is 2.56. The van der Waals surface area contributed by atoms with E-state index >= 15 is 0 Å². The Bertz CT molecular complexity index is 691. The van der Waals surface area contributed by atoms with Crippen LogP contribution in [0.15, 0.2) is 30.3 Å². The quantitative estimate of drug-likeness (QED) is 0.812. The van der Waals surface area contributed by atoms with Gasteiger partial charge in [0.05, 0.1) is 23.7 Å². The van der Waals surface area contributed by atoms with Crippen molar-refractivity contribution in [2.75, 3.05) is 19.7 Å². The van der Waals surface area contributed by atoms with E-state index in [0.717, 1.165) is 43.7 Å². The molecule has 0 unspecified atom stereocenters. The number of aryl methyl sites for hydroxylation is 1. The van der Waals surface area contributed by atoms with Gasteiger partial charge in [0, 0.05) is 11.9 Å². The summed E-state index contributed by atoms with van der Waals surface area (Å²) in [7, 11) is 0. The number of pyridine rings is 1. The zero-order valence-corrected chi connectivity index (χ0v) is 13.9. The first kappa shape index (κ1) is 15.9. The number of rotatable bonds is 4. The lowest BCUT2D eigenvalue weighted by molar-refractivity contribution is -0.149. The Balaban J connectivity index is 1.60. The van der Waals surface area contributed by atoms with E-state index < -0.39 is 0 Å². The van der Waals surface area contributed by atoms with Crippen LogP contribution in [0.2, 0.25) is 0 Å². The van der Waals surface area contributed by atoms with E-state index in [1.807, 2.05) is 6.92 Å². The third-order valence-electron chi connectivity index (χ3n) is 4.50. The number of esters is 1. The average molecular weight is 312 g/mol. The van der Waals surface area contributed by atoms with Crippen molar-refractivity contribution in [2.45, 2.75) is 33.2 Å². The molecule has 0 atom stereocenters. The highest BCUT2D eigenvalue weighted by Crippen LogP contribution is 2.21. The van der Waals surface area contributed by atoms with E-state index in [-0.39, 0.29) is 11.9 Å². The molecule has 1 saturated heterocycles. The Morgan fingerprint density at radius 1 is 1.26 bits per heavy atom.